The van der Waals surface area contributed by atoms with Crippen LogP contribution < -0.4 is 0 Å². The average molecular weight is 311 g/mol. The van der Waals surface area contributed by atoms with Gasteiger partial charge in [-0.05, 0) is 25.8 Å². The molecular weight excluding hydrogens is 294 g/mol. The first-order valence-corrected chi connectivity index (χ1v) is 8.49. The zero-order valence-electron chi connectivity index (χ0n) is 12.4. The van der Waals surface area contributed by atoms with E-state index in [1.165, 1.54) is 24.6 Å². The number of ketones is 1. The van der Waals surface area contributed by atoms with Crippen LogP contribution in [0.25, 0.3) is 10.9 Å². The molecule has 1 fully saturated rings. The summed E-state index contributed by atoms with van der Waals surface area (Å²) in [5, 5.41) is 1.96. The van der Waals surface area contributed by atoms with Crippen LogP contribution in [0.2, 0.25) is 0 Å². The number of aromatic nitrogens is 3. The maximum atomic E-state index is 12.7. The molecule has 2 heterocycles. The van der Waals surface area contributed by atoms with Gasteiger partial charge in [-0.2, -0.15) is 0 Å². The number of aromatic amines is 1. The highest BCUT2D eigenvalue weighted by Gasteiger charge is 2.26. The Bertz CT molecular complexity index is 845. The molecule has 1 saturated carbocycles. The predicted octanol–water partition coefficient (Wildman–Crippen LogP) is 3.98. The number of rotatable bonds is 5. The lowest BCUT2D eigenvalue weighted by Crippen LogP contribution is -2.05. The molecule has 1 aliphatic rings. The molecule has 0 aliphatic heterocycles. The molecule has 1 aromatic carbocycles. The van der Waals surface area contributed by atoms with Gasteiger partial charge < -0.3 is 9.55 Å². The molecule has 2 aromatic heterocycles. The van der Waals surface area contributed by atoms with Crippen molar-refractivity contribution < 1.29 is 4.79 Å². The molecule has 1 N–H and O–H groups in total. The fourth-order valence-electron chi connectivity index (χ4n) is 2.88. The lowest BCUT2D eigenvalue weighted by Gasteiger charge is -2.05. The van der Waals surface area contributed by atoms with E-state index >= 15 is 0 Å². The van der Waals surface area contributed by atoms with E-state index in [-0.39, 0.29) is 5.78 Å². The number of para-hydroxylation sites is 1. The van der Waals surface area contributed by atoms with Gasteiger partial charge in [-0.3, -0.25) is 4.79 Å². The van der Waals surface area contributed by atoms with Crippen molar-refractivity contribution in [2.45, 2.75) is 31.0 Å². The second-order valence-electron chi connectivity index (χ2n) is 5.73. The molecule has 0 bridgehead atoms. The number of fused-ring (bicyclic) bond motifs is 1. The van der Waals surface area contributed by atoms with Gasteiger partial charge in [0.1, 0.15) is 0 Å². The Kier molecular flexibility index (Phi) is 3.30. The van der Waals surface area contributed by atoms with E-state index in [1.54, 1.807) is 0 Å². The number of carbonyl (C=O) groups excluding carboxylic acids is 1. The highest BCUT2D eigenvalue weighted by atomic mass is 32.2. The normalized spacial score (nSPS) is 14.6. The van der Waals surface area contributed by atoms with Crippen LogP contribution in [0.3, 0.4) is 0 Å². The standard InChI is InChI=1S/C17H17N3OS/c1-11-16(13-4-2-3-5-14(13)19-11)15(21)10-22-17-18-8-9-20(17)12-6-7-12/h2-5,8-9,12,19H,6-7,10H2,1H3. The van der Waals surface area contributed by atoms with Crippen LogP contribution in [0.4, 0.5) is 0 Å². The molecule has 0 atom stereocenters. The summed E-state index contributed by atoms with van der Waals surface area (Å²) >= 11 is 1.53. The topological polar surface area (TPSA) is 50.7 Å². The summed E-state index contributed by atoms with van der Waals surface area (Å²) in [5.41, 5.74) is 2.78. The van der Waals surface area contributed by atoms with Crippen LogP contribution in [0.1, 0.15) is 34.9 Å². The highest BCUT2D eigenvalue weighted by Crippen LogP contribution is 2.37. The SMILES string of the molecule is Cc1[nH]c2ccccc2c1C(=O)CSc1nccn1C1CC1. The zero-order valence-corrected chi connectivity index (χ0v) is 13.2. The number of hydrogen-bond acceptors (Lipinski definition) is 3. The third kappa shape index (κ3) is 2.35. The van der Waals surface area contributed by atoms with Crippen molar-refractivity contribution in [3.8, 4) is 0 Å². The third-order valence-corrected chi connectivity index (χ3v) is 5.06. The molecule has 5 heteroatoms. The summed E-state index contributed by atoms with van der Waals surface area (Å²) in [7, 11) is 0. The van der Waals surface area contributed by atoms with Crippen LogP contribution in [-0.2, 0) is 0 Å². The minimum Gasteiger partial charge on any atom is -0.358 e. The van der Waals surface area contributed by atoms with Gasteiger partial charge in [-0.25, -0.2) is 4.98 Å². The van der Waals surface area contributed by atoms with E-state index in [2.05, 4.69) is 14.5 Å². The van der Waals surface area contributed by atoms with E-state index in [9.17, 15) is 4.79 Å². The summed E-state index contributed by atoms with van der Waals surface area (Å²) in [6.45, 7) is 1.96. The Morgan fingerprint density at radius 1 is 1.41 bits per heavy atom. The van der Waals surface area contributed by atoms with E-state index in [0.29, 0.717) is 11.8 Å². The van der Waals surface area contributed by atoms with Gasteiger partial charge >= 0.3 is 0 Å². The number of Topliss-reactive ketones (excluding diaryl/α,β-unsaturated/α-hetero) is 1. The maximum Gasteiger partial charge on any atom is 0.175 e. The number of benzene rings is 1. The van der Waals surface area contributed by atoms with Crippen LogP contribution in [0.15, 0.2) is 41.8 Å². The molecule has 4 rings (SSSR count). The van der Waals surface area contributed by atoms with Crippen LogP contribution in [0, 0.1) is 6.92 Å². The minimum atomic E-state index is 0.158. The first-order valence-electron chi connectivity index (χ1n) is 7.50. The first kappa shape index (κ1) is 13.6. The lowest BCUT2D eigenvalue weighted by atomic mass is 10.1. The molecule has 0 unspecified atom stereocenters. The van der Waals surface area contributed by atoms with Crippen LogP contribution >= 0.6 is 11.8 Å². The minimum absolute atomic E-state index is 0.158. The number of thioether (sulfide) groups is 1. The molecule has 0 saturated heterocycles. The summed E-state index contributed by atoms with van der Waals surface area (Å²) < 4.78 is 2.19. The van der Waals surface area contributed by atoms with E-state index in [0.717, 1.165) is 27.3 Å². The van der Waals surface area contributed by atoms with E-state index in [4.69, 9.17) is 0 Å². The van der Waals surface area contributed by atoms with Crippen molar-refractivity contribution in [3.05, 3.63) is 47.9 Å². The molecule has 1 aliphatic carbocycles. The van der Waals surface area contributed by atoms with Gasteiger partial charge in [0.25, 0.3) is 0 Å². The fraction of sp³-hybridized carbons (Fsp3) is 0.294. The lowest BCUT2D eigenvalue weighted by molar-refractivity contribution is 0.102. The zero-order chi connectivity index (χ0) is 15.1. The fourth-order valence-corrected chi connectivity index (χ4v) is 3.78. The third-order valence-electron chi connectivity index (χ3n) is 4.08. The monoisotopic (exact) mass is 311 g/mol. The Morgan fingerprint density at radius 3 is 3.05 bits per heavy atom. The largest absolute Gasteiger partial charge is 0.358 e. The molecule has 3 aromatic rings. The van der Waals surface area contributed by atoms with Gasteiger partial charge in [0.2, 0.25) is 0 Å². The molecule has 112 valence electrons. The molecule has 22 heavy (non-hydrogen) atoms. The molecule has 4 nitrogen and oxygen atoms in total. The quantitative estimate of drug-likeness (QED) is 0.573. The maximum absolute atomic E-state index is 12.7. The molecule has 0 radical (unpaired) electrons. The Hall–Kier alpha value is -2.01. The Morgan fingerprint density at radius 2 is 2.23 bits per heavy atom. The summed E-state index contributed by atoms with van der Waals surface area (Å²) in [4.78, 5) is 20.3. The number of H-pyrrole nitrogens is 1. The van der Waals surface area contributed by atoms with Gasteiger partial charge in [0.15, 0.2) is 10.9 Å². The first-order chi connectivity index (χ1) is 10.7. The van der Waals surface area contributed by atoms with Crippen LogP contribution in [0.5, 0.6) is 0 Å². The number of carbonyl (C=O) groups is 1. The van der Waals surface area contributed by atoms with E-state index < -0.39 is 0 Å². The van der Waals surface area contributed by atoms with Gasteiger partial charge in [0, 0.05) is 40.6 Å². The predicted molar refractivity (Wildman–Crippen MR) is 88.6 cm³/mol. The van der Waals surface area contributed by atoms with Crippen molar-refractivity contribution in [2.75, 3.05) is 5.75 Å². The Labute approximate surface area is 132 Å². The highest BCUT2D eigenvalue weighted by molar-refractivity contribution is 7.99. The van der Waals surface area contributed by atoms with Crippen LogP contribution in [-0.4, -0.2) is 26.1 Å². The van der Waals surface area contributed by atoms with Gasteiger partial charge in [-0.1, -0.05) is 30.0 Å². The van der Waals surface area contributed by atoms with Gasteiger partial charge in [-0.15, -0.1) is 0 Å². The summed E-state index contributed by atoms with van der Waals surface area (Å²) in [6.07, 6.45) is 6.28. The number of nitrogens with zero attached hydrogens (tertiary/aromatic N) is 2. The number of imidazole rings is 1. The van der Waals surface area contributed by atoms with Crippen molar-refractivity contribution in [1.82, 2.24) is 14.5 Å². The molecule has 0 amide bonds. The van der Waals surface area contributed by atoms with Crippen molar-refractivity contribution in [2.24, 2.45) is 0 Å². The summed E-state index contributed by atoms with van der Waals surface area (Å²) in [5.74, 6) is 0.581. The average Bonchev–Trinajstić information content (AvgIpc) is 3.15. The Balaban J connectivity index is 1.56. The van der Waals surface area contributed by atoms with Crippen molar-refractivity contribution in [3.63, 3.8) is 0 Å². The van der Waals surface area contributed by atoms with Crippen molar-refractivity contribution in [1.29, 1.82) is 0 Å². The van der Waals surface area contributed by atoms with Crippen molar-refractivity contribution >= 4 is 28.4 Å². The second-order valence-corrected chi connectivity index (χ2v) is 6.67. The smallest absolute Gasteiger partial charge is 0.175 e. The molecular formula is C17H17N3OS. The second kappa shape index (κ2) is 5.32. The number of nitrogens with one attached hydrogen (secondary N) is 1. The number of hydrogen-bond donors (Lipinski definition) is 1. The van der Waals surface area contributed by atoms with E-state index in [1.807, 2.05) is 43.6 Å². The molecule has 0 spiro atoms. The number of aryl methyl sites for hydroxylation is 1. The van der Waals surface area contributed by atoms with Gasteiger partial charge in [0.05, 0.1) is 5.75 Å². The summed E-state index contributed by atoms with van der Waals surface area (Å²) in [6, 6.07) is 8.55.